The van der Waals surface area contributed by atoms with Crippen LogP contribution in [0, 0.1) is 0 Å². The monoisotopic (exact) mass is 289 g/mol. The average molecular weight is 289 g/mol. The van der Waals surface area contributed by atoms with E-state index in [1.54, 1.807) is 5.38 Å². The van der Waals surface area contributed by atoms with Gasteiger partial charge >= 0.3 is 5.97 Å². The largest absolute Gasteiger partial charge is 0.493 e. The maximum Gasteiger partial charge on any atom is 0.355 e. The van der Waals surface area contributed by atoms with E-state index in [0.717, 1.165) is 17.2 Å². The molecule has 1 aromatic carbocycles. The standard InChI is InChI=1S/C15H15NO3S/c17-15(18)13-9-20-14(16-13)6-7-19-12-5-4-10-2-1-3-11(10)8-12/h4-5,8-9H,1-3,6-7H2,(H,17,18). The summed E-state index contributed by atoms with van der Waals surface area (Å²) < 4.78 is 5.72. The molecule has 20 heavy (non-hydrogen) atoms. The van der Waals surface area contributed by atoms with E-state index in [0.29, 0.717) is 13.0 Å². The van der Waals surface area contributed by atoms with E-state index in [4.69, 9.17) is 9.84 Å². The third kappa shape index (κ3) is 2.82. The summed E-state index contributed by atoms with van der Waals surface area (Å²) in [5.74, 6) is -0.0901. The zero-order chi connectivity index (χ0) is 13.9. The van der Waals surface area contributed by atoms with Crippen LogP contribution in [0.3, 0.4) is 0 Å². The number of thiazole rings is 1. The van der Waals surface area contributed by atoms with Crippen molar-refractivity contribution in [3.63, 3.8) is 0 Å². The van der Waals surface area contributed by atoms with Crippen molar-refractivity contribution < 1.29 is 14.6 Å². The molecule has 0 radical (unpaired) electrons. The predicted octanol–water partition coefficient (Wildman–Crippen LogP) is 2.95. The summed E-state index contributed by atoms with van der Waals surface area (Å²) in [6.07, 6.45) is 4.18. The zero-order valence-electron chi connectivity index (χ0n) is 11.0. The lowest BCUT2D eigenvalue weighted by Gasteiger charge is -2.07. The van der Waals surface area contributed by atoms with Crippen molar-refractivity contribution in [3.05, 3.63) is 45.4 Å². The van der Waals surface area contributed by atoms with Crippen LogP contribution in [-0.4, -0.2) is 22.7 Å². The van der Waals surface area contributed by atoms with Crippen LogP contribution in [0.5, 0.6) is 5.75 Å². The van der Waals surface area contributed by atoms with Gasteiger partial charge in [-0.3, -0.25) is 0 Å². The van der Waals surface area contributed by atoms with Crippen LogP contribution in [0.4, 0.5) is 0 Å². The van der Waals surface area contributed by atoms with Gasteiger partial charge in [-0.25, -0.2) is 9.78 Å². The van der Waals surface area contributed by atoms with E-state index in [9.17, 15) is 4.79 Å². The minimum atomic E-state index is -0.980. The lowest BCUT2D eigenvalue weighted by molar-refractivity contribution is 0.0691. The maximum absolute atomic E-state index is 10.7. The van der Waals surface area contributed by atoms with Gasteiger partial charge < -0.3 is 9.84 Å². The highest BCUT2D eigenvalue weighted by molar-refractivity contribution is 7.09. The summed E-state index contributed by atoms with van der Waals surface area (Å²) in [4.78, 5) is 14.8. The van der Waals surface area contributed by atoms with Gasteiger partial charge in [0.2, 0.25) is 0 Å². The molecule has 0 amide bonds. The minimum absolute atomic E-state index is 0.113. The molecule has 104 valence electrons. The maximum atomic E-state index is 10.7. The smallest absolute Gasteiger partial charge is 0.355 e. The normalized spacial score (nSPS) is 13.2. The van der Waals surface area contributed by atoms with Crippen molar-refractivity contribution in [1.29, 1.82) is 0 Å². The van der Waals surface area contributed by atoms with Gasteiger partial charge in [-0.15, -0.1) is 11.3 Å². The number of carbonyl (C=O) groups is 1. The fourth-order valence-electron chi connectivity index (χ4n) is 2.42. The number of aromatic nitrogens is 1. The number of aromatic carboxylic acids is 1. The molecule has 1 aromatic heterocycles. The van der Waals surface area contributed by atoms with Gasteiger partial charge in [-0.1, -0.05) is 6.07 Å². The van der Waals surface area contributed by atoms with Crippen LogP contribution in [0.2, 0.25) is 0 Å². The minimum Gasteiger partial charge on any atom is -0.493 e. The fourth-order valence-corrected chi connectivity index (χ4v) is 3.17. The summed E-state index contributed by atoms with van der Waals surface area (Å²) in [7, 11) is 0. The molecule has 0 fully saturated rings. The van der Waals surface area contributed by atoms with E-state index >= 15 is 0 Å². The molecule has 0 aliphatic heterocycles. The molecule has 0 atom stereocenters. The molecule has 0 spiro atoms. The van der Waals surface area contributed by atoms with Crippen molar-refractivity contribution in [3.8, 4) is 5.75 Å². The topological polar surface area (TPSA) is 59.4 Å². The van der Waals surface area contributed by atoms with Crippen molar-refractivity contribution in [1.82, 2.24) is 4.98 Å². The molecule has 5 heteroatoms. The first-order chi connectivity index (χ1) is 9.72. The predicted molar refractivity (Wildman–Crippen MR) is 76.7 cm³/mol. The van der Waals surface area contributed by atoms with E-state index in [1.165, 1.54) is 35.3 Å². The summed E-state index contributed by atoms with van der Waals surface area (Å²) >= 11 is 1.36. The highest BCUT2D eigenvalue weighted by atomic mass is 32.1. The Labute approximate surface area is 121 Å². The van der Waals surface area contributed by atoms with Crippen LogP contribution in [0.25, 0.3) is 0 Å². The first-order valence-electron chi connectivity index (χ1n) is 6.64. The summed E-state index contributed by atoms with van der Waals surface area (Å²) in [5.41, 5.74) is 2.94. The van der Waals surface area contributed by atoms with Crippen molar-refractivity contribution in [2.75, 3.05) is 6.61 Å². The molecule has 0 unspecified atom stereocenters. The van der Waals surface area contributed by atoms with E-state index < -0.39 is 5.97 Å². The van der Waals surface area contributed by atoms with Crippen molar-refractivity contribution in [2.45, 2.75) is 25.7 Å². The van der Waals surface area contributed by atoms with E-state index in [1.807, 2.05) is 6.07 Å². The highest BCUT2D eigenvalue weighted by Crippen LogP contribution is 2.26. The molecule has 0 saturated carbocycles. The molecule has 1 N–H and O–H groups in total. The molecule has 1 heterocycles. The molecule has 0 saturated heterocycles. The number of nitrogens with zero attached hydrogens (tertiary/aromatic N) is 1. The average Bonchev–Trinajstić information content (AvgIpc) is 3.06. The van der Waals surface area contributed by atoms with Gasteiger partial charge in [-0.05, 0) is 42.5 Å². The number of rotatable bonds is 5. The van der Waals surface area contributed by atoms with Gasteiger partial charge in [0.25, 0.3) is 0 Å². The van der Waals surface area contributed by atoms with Crippen molar-refractivity contribution >= 4 is 17.3 Å². The number of fused-ring (bicyclic) bond motifs is 1. The third-order valence-corrected chi connectivity index (χ3v) is 4.33. The van der Waals surface area contributed by atoms with Gasteiger partial charge in [0.1, 0.15) is 5.75 Å². The molecule has 0 bridgehead atoms. The number of benzene rings is 1. The molecular formula is C15H15NO3S. The molecule has 1 aliphatic rings. The molecular weight excluding hydrogens is 274 g/mol. The number of hydrogen-bond donors (Lipinski definition) is 1. The second kappa shape index (κ2) is 5.63. The van der Waals surface area contributed by atoms with Crippen LogP contribution < -0.4 is 4.74 Å². The first-order valence-corrected chi connectivity index (χ1v) is 7.52. The van der Waals surface area contributed by atoms with Gasteiger partial charge in [-0.2, -0.15) is 0 Å². The Kier molecular flexibility index (Phi) is 3.69. The number of carboxylic acids is 1. The van der Waals surface area contributed by atoms with Crippen LogP contribution in [0.1, 0.15) is 33.0 Å². The lowest BCUT2D eigenvalue weighted by Crippen LogP contribution is -2.03. The van der Waals surface area contributed by atoms with Crippen LogP contribution in [0.15, 0.2) is 23.6 Å². The second-order valence-electron chi connectivity index (χ2n) is 4.81. The van der Waals surface area contributed by atoms with E-state index in [-0.39, 0.29) is 5.69 Å². The Balaban J connectivity index is 1.55. The lowest BCUT2D eigenvalue weighted by atomic mass is 10.1. The van der Waals surface area contributed by atoms with Gasteiger partial charge in [0.15, 0.2) is 5.69 Å². The Morgan fingerprint density at radius 1 is 1.35 bits per heavy atom. The first kappa shape index (κ1) is 13.1. The third-order valence-electron chi connectivity index (χ3n) is 3.43. The number of hydrogen-bond acceptors (Lipinski definition) is 4. The summed E-state index contributed by atoms with van der Waals surface area (Å²) in [5, 5.41) is 11.2. The second-order valence-corrected chi connectivity index (χ2v) is 5.76. The molecule has 4 nitrogen and oxygen atoms in total. The fraction of sp³-hybridized carbons (Fsp3) is 0.333. The Hall–Kier alpha value is -1.88. The summed E-state index contributed by atoms with van der Waals surface area (Å²) in [6.45, 7) is 0.519. The Morgan fingerprint density at radius 2 is 2.20 bits per heavy atom. The number of ether oxygens (including phenoxy) is 1. The SMILES string of the molecule is O=C(O)c1csc(CCOc2ccc3c(c2)CCC3)n1. The highest BCUT2D eigenvalue weighted by Gasteiger charge is 2.12. The zero-order valence-corrected chi connectivity index (χ0v) is 11.8. The van der Waals surface area contributed by atoms with Gasteiger partial charge in [0.05, 0.1) is 11.6 Å². The molecule has 3 rings (SSSR count). The number of aryl methyl sites for hydroxylation is 2. The molecule has 1 aliphatic carbocycles. The van der Waals surface area contributed by atoms with Gasteiger partial charge in [0, 0.05) is 11.8 Å². The Morgan fingerprint density at radius 3 is 3.00 bits per heavy atom. The Bertz CT molecular complexity index is 636. The van der Waals surface area contributed by atoms with Crippen LogP contribution in [-0.2, 0) is 19.3 Å². The van der Waals surface area contributed by atoms with Crippen LogP contribution >= 0.6 is 11.3 Å². The summed E-state index contributed by atoms with van der Waals surface area (Å²) in [6, 6.07) is 6.27. The molecule has 2 aromatic rings. The van der Waals surface area contributed by atoms with E-state index in [2.05, 4.69) is 17.1 Å². The number of carboxylic acid groups (broad SMARTS) is 1. The quantitative estimate of drug-likeness (QED) is 0.919. The van der Waals surface area contributed by atoms with Crippen molar-refractivity contribution in [2.24, 2.45) is 0 Å².